The number of hydrogen-bond acceptors (Lipinski definition) is 12. The van der Waals surface area contributed by atoms with Gasteiger partial charge in [0.15, 0.2) is 6.29 Å². The Balaban J connectivity index is 1.30. The molecule has 0 aromatic carbocycles. The van der Waals surface area contributed by atoms with Gasteiger partial charge in [-0.2, -0.15) is 0 Å². The first kappa shape index (κ1) is 36.3. The molecule has 3 unspecified atom stereocenters. The van der Waals surface area contributed by atoms with Crippen LogP contribution in [0.2, 0.25) is 0 Å². The summed E-state index contributed by atoms with van der Waals surface area (Å²) in [5.74, 6) is 5.66. The van der Waals surface area contributed by atoms with Crippen LogP contribution in [-0.4, -0.2) is 142 Å². The molecule has 2 aliphatic rings. The molecule has 14 nitrogen and oxygen atoms in total. The Kier molecular flexibility index (Phi) is 19.5. The van der Waals surface area contributed by atoms with E-state index in [2.05, 4.69) is 22.5 Å². The molecule has 0 bridgehead atoms. The topological polar surface area (TPSA) is 194 Å². The summed E-state index contributed by atoms with van der Waals surface area (Å²) in [5.41, 5.74) is 0. The van der Waals surface area contributed by atoms with Crippen LogP contribution >= 0.6 is 0 Å². The van der Waals surface area contributed by atoms with Gasteiger partial charge in [0.2, 0.25) is 11.8 Å². The van der Waals surface area contributed by atoms with Crippen molar-refractivity contribution in [1.82, 2.24) is 10.6 Å². The maximum Gasteiger partial charge on any atom is 0.246 e. The predicted octanol–water partition coefficient (Wildman–Crippen LogP) is -1.78. The molecule has 0 aromatic rings. The van der Waals surface area contributed by atoms with E-state index in [9.17, 15) is 30.0 Å². The second-order valence-corrected chi connectivity index (χ2v) is 10.0. The van der Waals surface area contributed by atoms with Crippen LogP contribution in [0.15, 0.2) is 0 Å². The van der Waals surface area contributed by atoms with Gasteiger partial charge >= 0.3 is 0 Å². The van der Waals surface area contributed by atoms with Crippen molar-refractivity contribution >= 4 is 11.8 Å². The van der Waals surface area contributed by atoms with Gasteiger partial charge in [-0.1, -0.05) is 12.3 Å². The summed E-state index contributed by atoms with van der Waals surface area (Å²) in [5, 5.41) is 43.9. The molecule has 0 aromatic heterocycles. The molecular weight excluding hydrogens is 556 g/mol. The maximum atomic E-state index is 11.9. The summed E-state index contributed by atoms with van der Waals surface area (Å²) >= 11 is 0. The van der Waals surface area contributed by atoms with E-state index in [-0.39, 0.29) is 37.7 Å². The van der Waals surface area contributed by atoms with Crippen LogP contribution in [0.3, 0.4) is 0 Å². The maximum absolute atomic E-state index is 11.9. The van der Waals surface area contributed by atoms with Crippen molar-refractivity contribution in [2.75, 3.05) is 72.6 Å². The van der Waals surface area contributed by atoms with Gasteiger partial charge in [0, 0.05) is 32.7 Å². The van der Waals surface area contributed by atoms with Gasteiger partial charge < -0.3 is 59.5 Å². The molecule has 14 heteroatoms. The lowest BCUT2D eigenvalue weighted by Gasteiger charge is -2.38. The van der Waals surface area contributed by atoms with Crippen molar-refractivity contribution in [2.45, 2.75) is 81.8 Å². The van der Waals surface area contributed by atoms with Crippen LogP contribution in [0.4, 0.5) is 0 Å². The first-order valence-corrected chi connectivity index (χ1v) is 14.7. The summed E-state index contributed by atoms with van der Waals surface area (Å²) in [6.45, 7) is 3.04. The Labute approximate surface area is 247 Å². The molecule has 0 radical (unpaired) electrons. The number of carbonyl (C=O) groups is 2. The minimum Gasteiger partial charge on any atom is -0.387 e. The van der Waals surface area contributed by atoms with E-state index in [1.165, 1.54) is 0 Å². The van der Waals surface area contributed by atoms with Gasteiger partial charge in [-0.25, -0.2) is 0 Å². The zero-order chi connectivity index (χ0) is 30.4. The lowest BCUT2D eigenvalue weighted by atomic mass is 9.99. The Morgan fingerprint density at radius 2 is 1.36 bits per heavy atom. The minimum absolute atomic E-state index is 0.0241. The van der Waals surface area contributed by atoms with E-state index in [4.69, 9.17) is 28.4 Å². The second-order valence-electron chi connectivity index (χ2n) is 10.0. The van der Waals surface area contributed by atoms with E-state index in [1.807, 2.05) is 0 Å². The third-order valence-corrected chi connectivity index (χ3v) is 6.47. The average molecular weight is 605 g/mol. The van der Waals surface area contributed by atoms with Crippen molar-refractivity contribution in [3.8, 4) is 11.8 Å². The number of rotatable bonds is 21. The quantitative estimate of drug-likeness (QED) is 0.0638. The highest BCUT2D eigenvalue weighted by atomic mass is 16.6. The zero-order valence-corrected chi connectivity index (χ0v) is 24.2. The van der Waals surface area contributed by atoms with Crippen LogP contribution in [-0.2, 0) is 38.0 Å². The van der Waals surface area contributed by atoms with Crippen molar-refractivity contribution in [3.63, 3.8) is 0 Å². The Morgan fingerprint density at radius 3 is 2.02 bits per heavy atom. The third-order valence-electron chi connectivity index (χ3n) is 6.47. The zero-order valence-electron chi connectivity index (χ0n) is 24.2. The fraction of sp³-hybridized carbons (Fsp3) is 0.857. The smallest absolute Gasteiger partial charge is 0.246 e. The predicted molar refractivity (Wildman–Crippen MR) is 148 cm³/mol. The van der Waals surface area contributed by atoms with E-state index in [0.717, 1.165) is 32.1 Å². The Bertz CT molecular complexity index is 807. The molecule has 1 heterocycles. The Hall–Kier alpha value is -1.90. The monoisotopic (exact) mass is 604 g/mol. The first-order chi connectivity index (χ1) is 20.4. The molecule has 242 valence electrons. The third kappa shape index (κ3) is 16.1. The van der Waals surface area contributed by atoms with Crippen LogP contribution in [0, 0.1) is 11.8 Å². The molecule has 6 atom stereocenters. The fourth-order valence-corrected chi connectivity index (χ4v) is 4.06. The molecule has 6 N–H and O–H groups in total. The molecule has 1 saturated heterocycles. The fourth-order valence-electron chi connectivity index (χ4n) is 4.06. The van der Waals surface area contributed by atoms with Crippen LogP contribution in [0.1, 0.15) is 44.9 Å². The molecule has 0 saturated carbocycles. The second kappa shape index (κ2) is 22.6. The SMILES string of the molecule is O=C(COCC1O[C@@H](O)C(O)[C@@H](O)[C@@H]1O)NCCCOCCOCCOCCCNC(=O)COC1C#CCCCCC1. The van der Waals surface area contributed by atoms with Gasteiger partial charge in [0.05, 0.1) is 33.0 Å². The lowest BCUT2D eigenvalue weighted by molar-refractivity contribution is -0.288. The van der Waals surface area contributed by atoms with Crippen LogP contribution in [0.25, 0.3) is 0 Å². The summed E-state index contributed by atoms with van der Waals surface area (Å²) in [4.78, 5) is 23.7. The Morgan fingerprint density at radius 1 is 0.738 bits per heavy atom. The number of carbonyl (C=O) groups excluding carboxylic acids is 2. The van der Waals surface area contributed by atoms with Crippen molar-refractivity contribution < 1.29 is 58.4 Å². The van der Waals surface area contributed by atoms with Crippen LogP contribution in [0.5, 0.6) is 0 Å². The van der Waals surface area contributed by atoms with E-state index in [1.54, 1.807) is 0 Å². The minimum atomic E-state index is -1.65. The highest BCUT2D eigenvalue weighted by molar-refractivity contribution is 5.77. The molecule has 2 rings (SSSR count). The number of amides is 2. The summed E-state index contributed by atoms with van der Waals surface area (Å²) in [7, 11) is 0. The highest BCUT2D eigenvalue weighted by Gasteiger charge is 2.43. The normalized spacial score (nSPS) is 26.0. The largest absolute Gasteiger partial charge is 0.387 e. The lowest BCUT2D eigenvalue weighted by Crippen LogP contribution is -2.58. The van der Waals surface area contributed by atoms with Crippen molar-refractivity contribution in [2.24, 2.45) is 0 Å². The van der Waals surface area contributed by atoms with Gasteiger partial charge in [0.1, 0.15) is 43.7 Å². The van der Waals surface area contributed by atoms with Crippen LogP contribution < -0.4 is 10.6 Å². The highest BCUT2D eigenvalue weighted by Crippen LogP contribution is 2.20. The number of hydrogen-bond donors (Lipinski definition) is 6. The van der Waals surface area contributed by atoms with Crippen molar-refractivity contribution in [3.05, 3.63) is 0 Å². The van der Waals surface area contributed by atoms with Gasteiger partial charge in [-0.3, -0.25) is 9.59 Å². The van der Waals surface area contributed by atoms with Crippen molar-refractivity contribution in [1.29, 1.82) is 0 Å². The number of aliphatic hydroxyl groups excluding tert-OH is 4. The number of aliphatic hydroxyl groups is 4. The molecule has 42 heavy (non-hydrogen) atoms. The molecule has 2 amide bonds. The molecule has 1 aliphatic heterocycles. The number of ether oxygens (including phenoxy) is 6. The van der Waals surface area contributed by atoms with Gasteiger partial charge in [-0.05, 0) is 32.1 Å². The van der Waals surface area contributed by atoms with Gasteiger partial charge in [-0.15, -0.1) is 5.92 Å². The standard InChI is InChI=1S/C28H48N2O12/c31-23(19-40-18-22-25(33)26(34)27(35)28(36)42-22)29-10-6-12-37-14-16-39-17-15-38-13-7-11-30-24(32)20-41-21-8-4-2-1-3-5-9-21/h21-22,25-28,33-36H,1-4,6-8,10-20H2,(H,29,31)(H,30,32)/t21?,22?,25-,26+,27?,28-/m1/s1. The van der Waals surface area contributed by atoms with E-state index < -0.39 is 30.7 Å². The summed E-state index contributed by atoms with van der Waals surface area (Å²) in [6, 6.07) is 0. The number of nitrogens with one attached hydrogen (secondary N) is 2. The molecule has 1 fully saturated rings. The molecular formula is C28H48N2O12. The van der Waals surface area contributed by atoms with E-state index in [0.29, 0.717) is 65.6 Å². The van der Waals surface area contributed by atoms with Gasteiger partial charge in [0.25, 0.3) is 0 Å². The van der Waals surface area contributed by atoms with E-state index >= 15 is 0 Å². The molecule has 0 spiro atoms. The summed E-state index contributed by atoms with van der Waals surface area (Å²) < 4.78 is 32.1. The first-order valence-electron chi connectivity index (χ1n) is 14.7. The summed E-state index contributed by atoms with van der Waals surface area (Å²) in [6.07, 6.45) is -1.08. The molecule has 1 aliphatic carbocycles. The average Bonchev–Trinajstić information content (AvgIpc) is 2.96.